The second-order valence-corrected chi connectivity index (χ2v) is 12.8. The van der Waals surface area contributed by atoms with E-state index in [1.54, 1.807) is 26.0 Å². The first kappa shape index (κ1) is 32.8. The Morgan fingerprint density at radius 1 is 0.957 bits per heavy atom. The molecule has 5 rings (SSSR count). The maximum atomic E-state index is 14.1. The molecule has 9 heteroatoms. The Bertz CT molecular complexity index is 1620. The lowest BCUT2D eigenvalue weighted by molar-refractivity contribution is -0.384. The number of allylic oxidation sites excluding steroid dienone is 1. The molecule has 0 saturated carbocycles. The molecule has 0 aromatic heterocycles. The van der Waals surface area contributed by atoms with E-state index >= 15 is 0 Å². The summed E-state index contributed by atoms with van der Waals surface area (Å²) in [5, 5.41) is 11.6. The van der Waals surface area contributed by atoms with E-state index in [9.17, 15) is 19.7 Å². The Hall–Kier alpha value is -4.63. The number of hydrogen-bond donors (Lipinski definition) is 0. The van der Waals surface area contributed by atoms with Gasteiger partial charge in [-0.3, -0.25) is 24.8 Å². The first-order chi connectivity index (χ1) is 22.0. The van der Waals surface area contributed by atoms with Gasteiger partial charge in [0.1, 0.15) is 11.5 Å². The number of methoxy groups -OCH3 is 1. The summed E-state index contributed by atoms with van der Waals surface area (Å²) in [5.74, 6) is -2.99. The third kappa shape index (κ3) is 6.65. The number of ether oxygens (including phenoxy) is 2. The monoisotopic (exact) mass is 623 g/mol. The van der Waals surface area contributed by atoms with Crippen LogP contribution in [0, 0.1) is 16.0 Å². The number of benzene rings is 3. The average Bonchev–Trinajstić information content (AvgIpc) is 3.05. The van der Waals surface area contributed by atoms with Crippen molar-refractivity contribution in [2.75, 3.05) is 26.7 Å². The number of likely N-dealkylation sites (tertiary alicyclic amines) is 1. The van der Waals surface area contributed by atoms with Gasteiger partial charge in [-0.05, 0) is 70.3 Å². The molecule has 1 saturated heterocycles. The highest BCUT2D eigenvalue weighted by atomic mass is 16.6. The minimum Gasteiger partial charge on any atom is -0.468 e. The molecule has 2 aliphatic rings. The molecule has 0 spiro atoms. The normalized spacial score (nSPS) is 20.1. The van der Waals surface area contributed by atoms with Crippen LogP contribution in [0.5, 0.6) is 0 Å². The number of nitro benzene ring substituents is 1. The molecule has 0 amide bonds. The van der Waals surface area contributed by atoms with Gasteiger partial charge in [0.2, 0.25) is 0 Å². The van der Waals surface area contributed by atoms with Gasteiger partial charge in [0.15, 0.2) is 0 Å². The number of piperidine rings is 1. The third-order valence-corrected chi connectivity index (χ3v) is 9.28. The highest BCUT2D eigenvalue weighted by molar-refractivity contribution is 6.07. The van der Waals surface area contributed by atoms with Crippen LogP contribution < -0.4 is 0 Å². The second kappa shape index (κ2) is 13.4. The van der Waals surface area contributed by atoms with Gasteiger partial charge in [-0.15, -0.1) is 0 Å². The lowest BCUT2D eigenvalue weighted by atomic mass is 9.68. The minimum absolute atomic E-state index is 0.103. The van der Waals surface area contributed by atoms with Crippen LogP contribution in [0.25, 0.3) is 0 Å². The van der Waals surface area contributed by atoms with Gasteiger partial charge in [-0.1, -0.05) is 72.8 Å². The minimum atomic E-state index is -0.937. The van der Waals surface area contributed by atoms with Crippen molar-refractivity contribution >= 4 is 23.3 Å². The number of nitrogens with zero attached hydrogens (tertiary/aromatic N) is 3. The molecule has 0 bridgehead atoms. The van der Waals surface area contributed by atoms with Crippen LogP contribution in [0.3, 0.4) is 0 Å². The summed E-state index contributed by atoms with van der Waals surface area (Å²) in [6.45, 7) is 9.30. The molecule has 240 valence electrons. The number of carbonyl (C=O) groups excluding carboxylic acids is 2. The predicted octanol–water partition coefficient (Wildman–Crippen LogP) is 6.62. The molecule has 2 unspecified atom stereocenters. The van der Waals surface area contributed by atoms with Crippen molar-refractivity contribution < 1.29 is 24.0 Å². The zero-order valence-corrected chi connectivity index (χ0v) is 27.1. The van der Waals surface area contributed by atoms with Gasteiger partial charge in [0.05, 0.1) is 17.6 Å². The molecular weight excluding hydrogens is 582 g/mol. The molecule has 0 aliphatic carbocycles. The molecular formula is C37H41N3O6. The predicted molar refractivity (Wildman–Crippen MR) is 177 cm³/mol. The maximum Gasteiger partial charge on any atom is 0.337 e. The van der Waals surface area contributed by atoms with Crippen LogP contribution in [0.4, 0.5) is 5.69 Å². The first-order valence-corrected chi connectivity index (χ1v) is 15.6. The molecule has 2 heterocycles. The molecule has 1 fully saturated rings. The maximum absolute atomic E-state index is 14.1. The van der Waals surface area contributed by atoms with E-state index in [1.807, 2.05) is 26.0 Å². The molecule has 9 nitrogen and oxygen atoms in total. The van der Waals surface area contributed by atoms with E-state index in [0.29, 0.717) is 23.5 Å². The van der Waals surface area contributed by atoms with E-state index in [1.165, 1.54) is 30.4 Å². The van der Waals surface area contributed by atoms with Gasteiger partial charge in [-0.2, -0.15) is 0 Å². The Labute approximate surface area is 270 Å². The zero-order valence-electron chi connectivity index (χ0n) is 27.1. The molecule has 3 aromatic rings. The lowest BCUT2D eigenvalue weighted by Gasteiger charge is -2.44. The Morgan fingerprint density at radius 3 is 2.09 bits per heavy atom. The van der Waals surface area contributed by atoms with Crippen LogP contribution in [-0.2, 0) is 24.5 Å². The summed E-state index contributed by atoms with van der Waals surface area (Å²) < 4.78 is 11.3. The van der Waals surface area contributed by atoms with Crippen LogP contribution >= 0.6 is 0 Å². The smallest absolute Gasteiger partial charge is 0.337 e. The second-order valence-electron chi connectivity index (χ2n) is 12.8. The van der Waals surface area contributed by atoms with Crippen molar-refractivity contribution in [1.82, 2.24) is 4.90 Å². The largest absolute Gasteiger partial charge is 0.468 e. The summed E-state index contributed by atoms with van der Waals surface area (Å²) in [4.78, 5) is 45.1. The fraction of sp³-hybridized carbons (Fsp3) is 0.378. The molecule has 46 heavy (non-hydrogen) atoms. The summed E-state index contributed by atoms with van der Waals surface area (Å²) in [5.41, 5.74) is 2.98. The zero-order chi connectivity index (χ0) is 33.1. The molecule has 0 N–H and O–H groups in total. The van der Waals surface area contributed by atoms with Gasteiger partial charge < -0.3 is 9.47 Å². The van der Waals surface area contributed by atoms with Gasteiger partial charge >= 0.3 is 11.9 Å². The number of nitro groups is 1. The Balaban J connectivity index is 1.37. The summed E-state index contributed by atoms with van der Waals surface area (Å²) in [6.07, 6.45) is 1.83. The topological polar surface area (TPSA) is 111 Å². The van der Waals surface area contributed by atoms with Crippen molar-refractivity contribution in [3.63, 3.8) is 0 Å². The quantitative estimate of drug-likeness (QED) is 0.150. The van der Waals surface area contributed by atoms with E-state index in [2.05, 4.69) is 58.4 Å². The van der Waals surface area contributed by atoms with E-state index in [-0.39, 0.29) is 16.7 Å². The van der Waals surface area contributed by atoms with Crippen molar-refractivity contribution in [3.8, 4) is 0 Å². The number of rotatable bonds is 9. The molecule has 0 radical (unpaired) electrons. The van der Waals surface area contributed by atoms with Crippen molar-refractivity contribution in [2.45, 2.75) is 57.5 Å². The van der Waals surface area contributed by atoms with Crippen molar-refractivity contribution in [1.29, 1.82) is 0 Å². The first-order valence-electron chi connectivity index (χ1n) is 15.6. The fourth-order valence-electron chi connectivity index (χ4n) is 7.15. The fourth-order valence-corrected chi connectivity index (χ4v) is 7.15. The Morgan fingerprint density at radius 2 is 1.54 bits per heavy atom. The third-order valence-electron chi connectivity index (χ3n) is 9.28. The van der Waals surface area contributed by atoms with Crippen LogP contribution in [-0.4, -0.2) is 59.8 Å². The van der Waals surface area contributed by atoms with Crippen molar-refractivity contribution in [2.24, 2.45) is 10.9 Å². The van der Waals surface area contributed by atoms with Gasteiger partial charge in [-0.25, -0.2) is 4.79 Å². The number of esters is 2. The van der Waals surface area contributed by atoms with Crippen LogP contribution in [0.1, 0.15) is 63.1 Å². The summed E-state index contributed by atoms with van der Waals surface area (Å²) in [7, 11) is 1.27. The highest BCUT2D eigenvalue weighted by Gasteiger charge is 2.44. The lowest BCUT2D eigenvalue weighted by Crippen LogP contribution is -2.49. The van der Waals surface area contributed by atoms with Crippen LogP contribution in [0.2, 0.25) is 0 Å². The van der Waals surface area contributed by atoms with Crippen molar-refractivity contribution in [3.05, 3.63) is 123 Å². The number of non-ortho nitro benzene ring substituents is 1. The number of hydrogen-bond acceptors (Lipinski definition) is 8. The van der Waals surface area contributed by atoms with Gasteiger partial charge in [0.25, 0.3) is 5.69 Å². The Kier molecular flexibility index (Phi) is 9.53. The highest BCUT2D eigenvalue weighted by Crippen LogP contribution is 2.43. The molecule has 2 aliphatic heterocycles. The molecule has 2 atom stereocenters. The SMILES string of the molecule is COC(=O)C1C(C)=NC(C)=C(C(=O)OC(C)(C)CN2CCC(c3ccccc3)(c3ccccc3)CC2)C1c1cccc([N+](=O)[O-])c1. The summed E-state index contributed by atoms with van der Waals surface area (Å²) >= 11 is 0. The summed E-state index contributed by atoms with van der Waals surface area (Å²) in [6, 6.07) is 27.3. The number of carbonyl (C=O) groups is 2. The van der Waals surface area contributed by atoms with E-state index in [4.69, 9.17) is 9.47 Å². The van der Waals surface area contributed by atoms with Gasteiger partial charge in [0, 0.05) is 41.4 Å². The van der Waals surface area contributed by atoms with E-state index in [0.717, 1.165) is 25.9 Å². The average molecular weight is 624 g/mol. The van der Waals surface area contributed by atoms with E-state index < -0.39 is 34.3 Å². The number of aliphatic imine (C=N–C) groups is 1. The standard InChI is InChI=1S/C37H41N3O6/c1-25-31(34(41)45-5)33(27-13-12-18-30(23-27)40(43)44)32(26(2)38-25)35(42)46-36(3,4)24-39-21-19-37(20-22-39,28-14-8-6-9-15-28)29-16-10-7-11-17-29/h6-18,23,31,33H,19-22,24H2,1-5H3. The molecule has 3 aromatic carbocycles. The van der Waals surface area contributed by atoms with Crippen LogP contribution in [0.15, 0.2) is 101 Å².